The van der Waals surface area contributed by atoms with Crippen molar-refractivity contribution in [2.75, 3.05) is 13.2 Å². The molecule has 2 heterocycles. The summed E-state index contributed by atoms with van der Waals surface area (Å²) in [7, 11) is 0. The second kappa shape index (κ2) is 6.52. The number of hydrogen-bond acceptors (Lipinski definition) is 5. The molecule has 0 bridgehead atoms. The second-order valence-corrected chi connectivity index (χ2v) is 6.72. The molecule has 6 nitrogen and oxygen atoms in total. The molecule has 0 amide bonds. The molecule has 1 aliphatic carbocycles. The molecule has 0 spiro atoms. The van der Waals surface area contributed by atoms with Crippen molar-refractivity contribution in [3.8, 4) is 0 Å². The molecule has 3 aromatic rings. The SMILES string of the molecule is CCOC(=O)Cc1noc2ccc3c(ccn3C3CC[C@@H](CO)C3)c12. The molecule has 1 aromatic carbocycles. The van der Waals surface area contributed by atoms with Gasteiger partial charge in [-0.15, -0.1) is 0 Å². The van der Waals surface area contributed by atoms with Crippen LogP contribution >= 0.6 is 0 Å². The third kappa shape index (κ3) is 2.80. The summed E-state index contributed by atoms with van der Waals surface area (Å²) in [5.74, 6) is 0.0943. The zero-order valence-corrected chi connectivity index (χ0v) is 14.3. The molecule has 1 fully saturated rings. The van der Waals surface area contributed by atoms with Gasteiger partial charge in [-0.1, -0.05) is 5.16 Å². The van der Waals surface area contributed by atoms with Crippen LogP contribution in [0.1, 0.15) is 37.9 Å². The van der Waals surface area contributed by atoms with Crippen LogP contribution in [0.5, 0.6) is 0 Å². The summed E-state index contributed by atoms with van der Waals surface area (Å²) in [5, 5.41) is 15.4. The lowest BCUT2D eigenvalue weighted by Gasteiger charge is -2.14. The molecule has 0 saturated heterocycles. The Labute approximate surface area is 145 Å². The fourth-order valence-corrected chi connectivity index (χ4v) is 4.00. The van der Waals surface area contributed by atoms with Gasteiger partial charge in [0.1, 0.15) is 5.69 Å². The minimum absolute atomic E-state index is 0.112. The van der Waals surface area contributed by atoms with Crippen LogP contribution < -0.4 is 0 Å². The largest absolute Gasteiger partial charge is 0.466 e. The molecular formula is C19H22N2O4. The number of fused-ring (bicyclic) bond motifs is 3. The lowest BCUT2D eigenvalue weighted by molar-refractivity contribution is -0.142. The van der Waals surface area contributed by atoms with Crippen LogP contribution in [-0.2, 0) is 16.0 Å². The van der Waals surface area contributed by atoms with E-state index < -0.39 is 0 Å². The van der Waals surface area contributed by atoms with E-state index in [0.717, 1.165) is 35.6 Å². The number of rotatable bonds is 5. The van der Waals surface area contributed by atoms with Gasteiger partial charge >= 0.3 is 5.97 Å². The summed E-state index contributed by atoms with van der Waals surface area (Å²) < 4.78 is 12.7. The van der Waals surface area contributed by atoms with Gasteiger partial charge in [0.2, 0.25) is 0 Å². The van der Waals surface area contributed by atoms with Crippen LogP contribution in [0.25, 0.3) is 21.9 Å². The number of carbonyl (C=O) groups excluding carboxylic acids is 1. The van der Waals surface area contributed by atoms with Crippen LogP contribution in [0.15, 0.2) is 28.9 Å². The van der Waals surface area contributed by atoms with E-state index in [2.05, 4.69) is 22.0 Å². The zero-order valence-electron chi connectivity index (χ0n) is 14.3. The molecule has 1 saturated carbocycles. The van der Waals surface area contributed by atoms with Crippen LogP contribution in [0.4, 0.5) is 0 Å². The van der Waals surface area contributed by atoms with E-state index in [9.17, 15) is 9.90 Å². The average molecular weight is 342 g/mol. The predicted octanol–water partition coefficient (Wildman–Crippen LogP) is 3.22. The summed E-state index contributed by atoms with van der Waals surface area (Å²) >= 11 is 0. The van der Waals surface area contributed by atoms with E-state index >= 15 is 0 Å². The third-order valence-electron chi connectivity index (χ3n) is 5.19. The Bertz CT molecular complexity index is 911. The van der Waals surface area contributed by atoms with Crippen LogP contribution in [-0.4, -0.2) is 34.0 Å². The molecule has 1 aliphatic rings. The molecule has 2 aromatic heterocycles. The van der Waals surface area contributed by atoms with Gasteiger partial charge in [-0.05, 0) is 50.3 Å². The number of carbonyl (C=O) groups is 1. The Kier molecular flexibility index (Phi) is 4.21. The Morgan fingerprint density at radius 3 is 3.04 bits per heavy atom. The van der Waals surface area contributed by atoms with Crippen molar-refractivity contribution in [1.82, 2.24) is 9.72 Å². The molecule has 4 rings (SSSR count). The second-order valence-electron chi connectivity index (χ2n) is 6.72. The van der Waals surface area contributed by atoms with E-state index in [4.69, 9.17) is 9.26 Å². The number of aromatic nitrogens is 2. The first-order valence-corrected chi connectivity index (χ1v) is 8.85. The van der Waals surface area contributed by atoms with Crippen molar-refractivity contribution in [3.05, 3.63) is 30.1 Å². The highest BCUT2D eigenvalue weighted by atomic mass is 16.5. The van der Waals surface area contributed by atoms with Crippen molar-refractivity contribution in [2.45, 2.75) is 38.6 Å². The number of aliphatic hydroxyl groups excluding tert-OH is 1. The molecule has 25 heavy (non-hydrogen) atoms. The van der Waals surface area contributed by atoms with Gasteiger partial charge in [-0.2, -0.15) is 0 Å². The van der Waals surface area contributed by atoms with E-state index in [1.165, 1.54) is 0 Å². The van der Waals surface area contributed by atoms with E-state index in [1.54, 1.807) is 6.92 Å². The highest BCUT2D eigenvalue weighted by Gasteiger charge is 2.26. The highest BCUT2D eigenvalue weighted by molar-refractivity contribution is 6.06. The van der Waals surface area contributed by atoms with Gasteiger partial charge in [0.15, 0.2) is 5.58 Å². The van der Waals surface area contributed by atoms with Gasteiger partial charge in [0.25, 0.3) is 0 Å². The van der Waals surface area contributed by atoms with Crippen LogP contribution in [0.2, 0.25) is 0 Å². The number of hydrogen-bond donors (Lipinski definition) is 1. The first-order valence-electron chi connectivity index (χ1n) is 8.85. The zero-order chi connectivity index (χ0) is 17.4. The fraction of sp³-hybridized carbons (Fsp3) is 0.474. The summed E-state index contributed by atoms with van der Waals surface area (Å²) in [6, 6.07) is 6.42. The van der Waals surface area contributed by atoms with Crippen LogP contribution in [0, 0.1) is 5.92 Å². The Morgan fingerprint density at radius 1 is 1.40 bits per heavy atom. The van der Waals surface area contributed by atoms with Gasteiger partial charge in [0, 0.05) is 29.7 Å². The maximum Gasteiger partial charge on any atom is 0.312 e. The quantitative estimate of drug-likeness (QED) is 0.720. The average Bonchev–Trinajstić information content (AvgIpc) is 3.31. The first kappa shape index (κ1) is 16.1. The Hall–Kier alpha value is -2.34. The van der Waals surface area contributed by atoms with Crippen LogP contribution in [0.3, 0.4) is 0 Å². The van der Waals surface area contributed by atoms with E-state index in [-0.39, 0.29) is 19.0 Å². The Balaban J connectivity index is 1.74. The third-order valence-corrected chi connectivity index (χ3v) is 5.19. The van der Waals surface area contributed by atoms with Gasteiger partial charge in [-0.25, -0.2) is 0 Å². The van der Waals surface area contributed by atoms with Crippen molar-refractivity contribution in [2.24, 2.45) is 5.92 Å². The maximum atomic E-state index is 11.8. The number of aliphatic hydroxyl groups is 1. The molecule has 132 valence electrons. The standard InChI is InChI=1S/C19H22N2O4/c1-2-24-18(23)10-15-19-14-7-8-21(13-4-3-12(9-13)11-22)16(14)5-6-17(19)25-20-15/h5-8,12-13,22H,2-4,9-11H2,1H3/t12-,13?/m1/s1. The molecule has 1 N–H and O–H groups in total. The molecule has 1 unspecified atom stereocenters. The topological polar surface area (TPSA) is 77.5 Å². The lowest BCUT2D eigenvalue weighted by Crippen LogP contribution is -2.08. The first-order chi connectivity index (χ1) is 12.2. The highest BCUT2D eigenvalue weighted by Crippen LogP contribution is 2.38. The molecule has 0 radical (unpaired) electrons. The number of nitrogens with zero attached hydrogens (tertiary/aromatic N) is 2. The maximum absolute atomic E-state index is 11.8. The number of esters is 1. The summed E-state index contributed by atoms with van der Waals surface area (Å²) in [5.41, 5.74) is 2.42. The van der Waals surface area contributed by atoms with Gasteiger partial charge in [0.05, 0.1) is 18.4 Å². The Morgan fingerprint density at radius 2 is 2.28 bits per heavy atom. The lowest BCUT2D eigenvalue weighted by atomic mass is 10.1. The monoisotopic (exact) mass is 342 g/mol. The predicted molar refractivity (Wildman–Crippen MR) is 93.3 cm³/mol. The molecule has 2 atom stereocenters. The minimum Gasteiger partial charge on any atom is -0.466 e. The number of benzene rings is 1. The summed E-state index contributed by atoms with van der Waals surface area (Å²) in [6.07, 6.45) is 5.34. The minimum atomic E-state index is -0.296. The normalized spacial score (nSPS) is 20.6. The fourth-order valence-electron chi connectivity index (χ4n) is 4.00. The van der Waals surface area contributed by atoms with Crippen molar-refractivity contribution in [3.63, 3.8) is 0 Å². The van der Waals surface area contributed by atoms with Gasteiger partial charge < -0.3 is 18.9 Å². The van der Waals surface area contributed by atoms with Crippen molar-refractivity contribution < 1.29 is 19.2 Å². The van der Waals surface area contributed by atoms with E-state index in [0.29, 0.717) is 29.8 Å². The van der Waals surface area contributed by atoms with Crippen molar-refractivity contribution in [1.29, 1.82) is 0 Å². The smallest absolute Gasteiger partial charge is 0.312 e. The summed E-state index contributed by atoms with van der Waals surface area (Å²) in [6.45, 7) is 2.40. The summed E-state index contributed by atoms with van der Waals surface area (Å²) in [4.78, 5) is 11.8. The molecular weight excluding hydrogens is 320 g/mol. The molecule has 0 aliphatic heterocycles. The molecule has 6 heteroatoms. The van der Waals surface area contributed by atoms with E-state index in [1.807, 2.05) is 12.1 Å². The van der Waals surface area contributed by atoms with Crippen molar-refractivity contribution >= 4 is 27.8 Å². The number of ether oxygens (including phenoxy) is 1. The van der Waals surface area contributed by atoms with Gasteiger partial charge in [-0.3, -0.25) is 4.79 Å².